The Balaban J connectivity index is 3.38. The normalized spacial score (nSPS) is 12.6. The van der Waals surface area contributed by atoms with E-state index in [2.05, 4.69) is 43.5 Å². The number of nitrogens with one attached hydrogen (secondary N) is 1. The van der Waals surface area contributed by atoms with Crippen LogP contribution in [0.2, 0.25) is 0 Å². The smallest absolute Gasteiger partial charge is 0.305 e. The molecule has 75 heavy (non-hydrogen) atoms. The minimum Gasteiger partial charge on any atom is -0.466 e. The topological polar surface area (TPSA) is 95.9 Å². The van der Waals surface area contributed by atoms with E-state index in [4.69, 9.17) is 4.74 Å². The van der Waals surface area contributed by atoms with Crippen LogP contribution < -0.4 is 5.32 Å². The zero-order chi connectivity index (χ0) is 54.3. The van der Waals surface area contributed by atoms with Crippen molar-refractivity contribution in [3.63, 3.8) is 0 Å². The van der Waals surface area contributed by atoms with Gasteiger partial charge in [0.15, 0.2) is 0 Å². The number of hydrogen-bond donors (Lipinski definition) is 3. The molecule has 0 aromatic heterocycles. The van der Waals surface area contributed by atoms with Gasteiger partial charge < -0.3 is 20.3 Å². The number of allylic oxidation sites excluding steroid dienone is 4. The molecule has 1 amide bonds. The van der Waals surface area contributed by atoms with E-state index in [9.17, 15) is 19.8 Å². The number of esters is 1. The zero-order valence-electron chi connectivity index (χ0n) is 50.8. The van der Waals surface area contributed by atoms with E-state index in [1.807, 2.05) is 0 Å². The van der Waals surface area contributed by atoms with Gasteiger partial charge in [0, 0.05) is 12.8 Å². The van der Waals surface area contributed by atoms with Crippen LogP contribution >= 0.6 is 0 Å². The summed E-state index contributed by atoms with van der Waals surface area (Å²) in [4.78, 5) is 24.6. The first-order valence-electron chi connectivity index (χ1n) is 34.1. The molecule has 6 nitrogen and oxygen atoms in total. The molecule has 0 aliphatic heterocycles. The Bertz CT molecular complexity index is 1170. The second kappa shape index (κ2) is 64.9. The number of hydrogen-bond acceptors (Lipinski definition) is 5. The van der Waals surface area contributed by atoms with Crippen LogP contribution in [0.25, 0.3) is 0 Å². The van der Waals surface area contributed by atoms with Crippen LogP contribution in [0.5, 0.6) is 0 Å². The average molecular weight is 1060 g/mol. The van der Waals surface area contributed by atoms with Gasteiger partial charge in [0.2, 0.25) is 5.91 Å². The summed E-state index contributed by atoms with van der Waals surface area (Å²) in [5, 5.41) is 23.3. The maximum absolute atomic E-state index is 12.5. The Labute approximate surface area is 469 Å². The molecule has 0 rings (SSSR count). The first-order chi connectivity index (χ1) is 37.0. The number of aliphatic hydroxyl groups is 2. The highest BCUT2D eigenvalue weighted by atomic mass is 16.5. The summed E-state index contributed by atoms with van der Waals surface area (Å²) >= 11 is 0. The second-order valence-electron chi connectivity index (χ2n) is 23.5. The highest BCUT2D eigenvalue weighted by Gasteiger charge is 2.20. The molecule has 0 aliphatic carbocycles. The monoisotopic (exact) mass is 1060 g/mol. The van der Waals surface area contributed by atoms with Gasteiger partial charge in [-0.05, 0) is 77.0 Å². The number of rotatable bonds is 64. The molecule has 0 radical (unpaired) electrons. The number of carbonyl (C=O) groups is 2. The van der Waals surface area contributed by atoms with Gasteiger partial charge in [-0.15, -0.1) is 0 Å². The van der Waals surface area contributed by atoms with Gasteiger partial charge in [-0.3, -0.25) is 9.59 Å². The fraction of sp³-hybridized carbons (Fsp3) is 0.913. The summed E-state index contributed by atoms with van der Waals surface area (Å²) in [6, 6.07) is -0.542. The molecule has 0 aromatic rings. The van der Waals surface area contributed by atoms with Gasteiger partial charge in [0.25, 0.3) is 0 Å². The van der Waals surface area contributed by atoms with Crippen LogP contribution in [-0.4, -0.2) is 47.4 Å². The van der Waals surface area contributed by atoms with Gasteiger partial charge >= 0.3 is 5.97 Å². The highest BCUT2D eigenvalue weighted by Crippen LogP contribution is 2.18. The SMILES string of the molecule is CCCCCCCC/C=C\CCCCCCCC(=O)OCCCCCCCCCCCCCC/C=C\CCCCCCCCCCCCCC(=O)NC(CO)C(O)CCCCCCCCCCCCCCCCCC. The van der Waals surface area contributed by atoms with Crippen LogP contribution in [0.4, 0.5) is 0 Å². The molecule has 444 valence electrons. The molecule has 2 unspecified atom stereocenters. The second-order valence-corrected chi connectivity index (χ2v) is 23.5. The number of unbranched alkanes of at least 4 members (excludes halogenated alkanes) is 49. The van der Waals surface area contributed by atoms with Crippen LogP contribution in [-0.2, 0) is 14.3 Å². The van der Waals surface area contributed by atoms with Gasteiger partial charge in [-0.1, -0.05) is 314 Å². The fourth-order valence-corrected chi connectivity index (χ4v) is 10.7. The molecule has 0 spiro atoms. The van der Waals surface area contributed by atoms with Crippen molar-refractivity contribution in [2.24, 2.45) is 0 Å². The predicted octanol–water partition coefficient (Wildman–Crippen LogP) is 21.8. The molecule has 0 fully saturated rings. The molecule has 3 N–H and O–H groups in total. The standard InChI is InChI=1S/C69H133NO5/c1-3-5-7-9-11-13-15-17-19-34-37-41-45-49-53-57-61-67(72)66(65-71)70-68(73)62-58-54-50-46-42-38-35-31-29-27-25-23-21-20-22-24-26-28-30-32-36-40-44-48-52-56-60-64-75-69(74)63-59-55-51-47-43-39-33-18-16-14-12-10-8-6-4-2/h18,20-21,33,66-67,71-72H,3-17,19,22-32,34-65H2,1-2H3,(H,70,73)/b21-20-,33-18-. The Morgan fingerprint density at radius 2 is 0.627 bits per heavy atom. The van der Waals surface area contributed by atoms with E-state index in [0.717, 1.165) is 44.9 Å². The van der Waals surface area contributed by atoms with Crippen LogP contribution in [0.15, 0.2) is 24.3 Å². The minimum absolute atomic E-state index is 0.00777. The molecule has 6 heteroatoms. The Kier molecular flexibility index (Phi) is 63.4. The van der Waals surface area contributed by atoms with Crippen molar-refractivity contribution in [2.45, 2.75) is 392 Å². The van der Waals surface area contributed by atoms with E-state index in [0.29, 0.717) is 25.9 Å². The lowest BCUT2D eigenvalue weighted by Crippen LogP contribution is -2.45. The van der Waals surface area contributed by atoms with Crippen molar-refractivity contribution >= 4 is 11.9 Å². The molecule has 0 saturated heterocycles. The summed E-state index contributed by atoms with van der Waals surface area (Å²) in [6.45, 7) is 4.97. The molecular weight excluding hydrogens is 923 g/mol. The van der Waals surface area contributed by atoms with Crippen molar-refractivity contribution in [2.75, 3.05) is 13.2 Å². The van der Waals surface area contributed by atoms with Crippen molar-refractivity contribution in [3.05, 3.63) is 24.3 Å². The molecule has 0 aromatic carbocycles. The maximum atomic E-state index is 12.5. The highest BCUT2D eigenvalue weighted by molar-refractivity contribution is 5.76. The van der Waals surface area contributed by atoms with Crippen molar-refractivity contribution in [1.82, 2.24) is 5.32 Å². The summed E-state index contributed by atoms with van der Waals surface area (Å²) in [5.74, 6) is -0.0252. The summed E-state index contributed by atoms with van der Waals surface area (Å²) in [5.41, 5.74) is 0. The van der Waals surface area contributed by atoms with E-state index >= 15 is 0 Å². The Hall–Kier alpha value is -1.66. The van der Waals surface area contributed by atoms with E-state index in [1.165, 1.54) is 302 Å². The van der Waals surface area contributed by atoms with Crippen molar-refractivity contribution in [3.8, 4) is 0 Å². The molecule has 0 bridgehead atoms. The zero-order valence-corrected chi connectivity index (χ0v) is 50.8. The van der Waals surface area contributed by atoms with Gasteiger partial charge in [-0.25, -0.2) is 0 Å². The quantitative estimate of drug-likeness (QED) is 0.0320. The van der Waals surface area contributed by atoms with Crippen molar-refractivity contribution < 1.29 is 24.5 Å². The average Bonchev–Trinajstić information content (AvgIpc) is 3.41. The molecule has 0 saturated carbocycles. The molecule has 0 heterocycles. The first-order valence-corrected chi connectivity index (χ1v) is 34.1. The van der Waals surface area contributed by atoms with Crippen molar-refractivity contribution in [1.29, 1.82) is 0 Å². The van der Waals surface area contributed by atoms with Gasteiger partial charge in [0.05, 0.1) is 25.4 Å². The van der Waals surface area contributed by atoms with E-state index < -0.39 is 12.1 Å². The molecule has 2 atom stereocenters. The lowest BCUT2D eigenvalue weighted by atomic mass is 10.0. The van der Waals surface area contributed by atoms with E-state index in [-0.39, 0.29) is 18.5 Å². The maximum Gasteiger partial charge on any atom is 0.305 e. The van der Waals surface area contributed by atoms with Crippen LogP contribution in [0, 0.1) is 0 Å². The number of aliphatic hydroxyl groups excluding tert-OH is 2. The van der Waals surface area contributed by atoms with Gasteiger partial charge in [-0.2, -0.15) is 0 Å². The fourth-order valence-electron chi connectivity index (χ4n) is 10.7. The lowest BCUT2D eigenvalue weighted by Gasteiger charge is -2.22. The van der Waals surface area contributed by atoms with Crippen LogP contribution in [0.3, 0.4) is 0 Å². The predicted molar refractivity (Wildman–Crippen MR) is 329 cm³/mol. The van der Waals surface area contributed by atoms with Crippen LogP contribution in [0.1, 0.15) is 380 Å². The Morgan fingerprint density at radius 3 is 0.947 bits per heavy atom. The molecule has 0 aliphatic rings. The minimum atomic E-state index is -0.665. The van der Waals surface area contributed by atoms with Gasteiger partial charge in [0.1, 0.15) is 0 Å². The largest absolute Gasteiger partial charge is 0.466 e. The summed E-state index contributed by atoms with van der Waals surface area (Å²) in [7, 11) is 0. The summed E-state index contributed by atoms with van der Waals surface area (Å²) in [6.07, 6.45) is 80.7. The summed E-state index contributed by atoms with van der Waals surface area (Å²) < 4.78 is 5.49. The molecular formula is C69H133NO5. The lowest BCUT2D eigenvalue weighted by molar-refractivity contribution is -0.143. The number of ether oxygens (including phenoxy) is 1. The first kappa shape index (κ1) is 73.3. The Morgan fingerprint density at radius 1 is 0.360 bits per heavy atom. The third-order valence-corrected chi connectivity index (χ3v) is 16.0. The van der Waals surface area contributed by atoms with E-state index in [1.54, 1.807) is 0 Å². The number of carbonyl (C=O) groups excluding carboxylic acids is 2. The third kappa shape index (κ3) is 61.4. The number of amides is 1. The third-order valence-electron chi connectivity index (χ3n) is 16.0.